The molecule has 1 amide bonds. The smallest absolute Gasteiger partial charge is 0.322 e. The topological polar surface area (TPSA) is 59.8 Å². The molecule has 27 heavy (non-hydrogen) atoms. The van der Waals surface area contributed by atoms with E-state index in [-0.39, 0.29) is 11.4 Å². The summed E-state index contributed by atoms with van der Waals surface area (Å²) < 4.78 is 52.5. The molecule has 2 heterocycles. The molecule has 5 nitrogen and oxygen atoms in total. The lowest BCUT2D eigenvalue weighted by molar-refractivity contribution is -0.137. The summed E-state index contributed by atoms with van der Waals surface area (Å²) in [4.78, 5) is 16.2. The van der Waals surface area contributed by atoms with Crippen molar-refractivity contribution in [3.63, 3.8) is 0 Å². The Morgan fingerprint density at radius 1 is 1.11 bits per heavy atom. The average molecular weight is 378 g/mol. The third kappa shape index (κ3) is 3.81. The van der Waals surface area contributed by atoms with E-state index in [1.165, 1.54) is 35.1 Å². The zero-order chi connectivity index (χ0) is 19.8. The monoisotopic (exact) mass is 378 g/mol. The number of hydrogen-bond acceptors (Lipinski definition) is 3. The van der Waals surface area contributed by atoms with Gasteiger partial charge in [0.25, 0.3) is 5.91 Å². The van der Waals surface area contributed by atoms with Gasteiger partial charge in [0.05, 0.1) is 23.0 Å². The minimum absolute atomic E-state index is 0.140. The van der Waals surface area contributed by atoms with Crippen molar-refractivity contribution in [2.24, 2.45) is 0 Å². The number of aromatic nitrogens is 3. The molecular weight excluding hydrogens is 364 g/mol. The molecule has 0 saturated heterocycles. The molecule has 0 bridgehead atoms. The minimum atomic E-state index is -4.49. The van der Waals surface area contributed by atoms with Gasteiger partial charge in [0.15, 0.2) is 5.82 Å². The van der Waals surface area contributed by atoms with Gasteiger partial charge in [-0.25, -0.2) is 14.1 Å². The summed E-state index contributed by atoms with van der Waals surface area (Å²) in [6, 6.07) is 6.07. The first kappa shape index (κ1) is 18.6. The number of nitrogens with zero attached hydrogens (tertiary/aromatic N) is 3. The fourth-order valence-electron chi connectivity index (χ4n) is 2.46. The second-order valence-corrected chi connectivity index (χ2v) is 5.87. The lowest BCUT2D eigenvalue weighted by Crippen LogP contribution is -2.14. The largest absolute Gasteiger partial charge is 0.417 e. The third-order valence-electron chi connectivity index (χ3n) is 3.99. The molecule has 3 rings (SSSR count). The van der Waals surface area contributed by atoms with Gasteiger partial charge in [-0.1, -0.05) is 6.07 Å². The maximum atomic E-state index is 13.4. The summed E-state index contributed by atoms with van der Waals surface area (Å²) in [7, 11) is 0. The molecule has 1 N–H and O–H groups in total. The number of hydrogen-bond donors (Lipinski definition) is 1. The molecule has 3 aromatic rings. The van der Waals surface area contributed by atoms with Crippen LogP contribution in [0.5, 0.6) is 0 Å². The van der Waals surface area contributed by atoms with Crippen molar-refractivity contribution in [3.8, 4) is 5.82 Å². The van der Waals surface area contributed by atoms with E-state index in [9.17, 15) is 22.4 Å². The molecule has 2 aromatic heterocycles. The SMILES string of the molecule is Cc1ccc(F)cc1NC(=O)c1cnn(-c2ccc(C(F)(F)F)cn2)c1C. The third-order valence-corrected chi connectivity index (χ3v) is 3.99. The number of rotatable bonds is 3. The van der Waals surface area contributed by atoms with Crippen LogP contribution in [0.3, 0.4) is 0 Å². The predicted molar refractivity (Wildman–Crippen MR) is 90.2 cm³/mol. The zero-order valence-electron chi connectivity index (χ0n) is 14.3. The highest BCUT2D eigenvalue weighted by Crippen LogP contribution is 2.29. The lowest BCUT2D eigenvalue weighted by Gasteiger charge is -2.09. The number of benzene rings is 1. The number of pyridine rings is 1. The van der Waals surface area contributed by atoms with Crippen LogP contribution in [-0.2, 0) is 6.18 Å². The Bertz CT molecular complexity index is 994. The summed E-state index contributed by atoms with van der Waals surface area (Å²) in [6.07, 6.45) is -2.51. The summed E-state index contributed by atoms with van der Waals surface area (Å²) >= 11 is 0. The van der Waals surface area contributed by atoms with Crippen molar-refractivity contribution in [1.82, 2.24) is 14.8 Å². The molecular formula is C18H14F4N4O. The normalized spacial score (nSPS) is 11.5. The van der Waals surface area contributed by atoms with Crippen LogP contribution in [0.2, 0.25) is 0 Å². The van der Waals surface area contributed by atoms with Gasteiger partial charge < -0.3 is 5.32 Å². The van der Waals surface area contributed by atoms with E-state index in [1.807, 2.05) is 0 Å². The first-order chi connectivity index (χ1) is 12.7. The van der Waals surface area contributed by atoms with Crippen LogP contribution in [0.4, 0.5) is 23.2 Å². The quantitative estimate of drug-likeness (QED) is 0.692. The molecule has 0 aliphatic heterocycles. The number of aryl methyl sites for hydroxylation is 1. The van der Waals surface area contributed by atoms with Crippen LogP contribution in [0.15, 0.2) is 42.7 Å². The average Bonchev–Trinajstić information content (AvgIpc) is 2.99. The number of halogens is 4. The van der Waals surface area contributed by atoms with Crippen LogP contribution >= 0.6 is 0 Å². The van der Waals surface area contributed by atoms with E-state index < -0.39 is 23.5 Å². The summed E-state index contributed by atoms with van der Waals surface area (Å²) in [5.74, 6) is -0.863. The van der Waals surface area contributed by atoms with Gasteiger partial charge in [0, 0.05) is 11.9 Å². The first-order valence-electron chi connectivity index (χ1n) is 7.82. The van der Waals surface area contributed by atoms with Crippen LogP contribution in [-0.4, -0.2) is 20.7 Å². The van der Waals surface area contributed by atoms with Gasteiger partial charge in [-0.2, -0.15) is 18.3 Å². The second-order valence-electron chi connectivity index (χ2n) is 5.87. The number of carbonyl (C=O) groups is 1. The molecule has 0 saturated carbocycles. The number of nitrogens with one attached hydrogen (secondary N) is 1. The molecule has 0 spiro atoms. The highest BCUT2D eigenvalue weighted by Gasteiger charge is 2.30. The van der Waals surface area contributed by atoms with Crippen molar-refractivity contribution >= 4 is 11.6 Å². The number of alkyl halides is 3. The summed E-state index contributed by atoms with van der Waals surface area (Å²) in [5.41, 5.74) is 0.698. The number of anilines is 1. The van der Waals surface area contributed by atoms with Crippen molar-refractivity contribution in [3.05, 3.63) is 70.9 Å². The Morgan fingerprint density at radius 3 is 2.48 bits per heavy atom. The number of amides is 1. The van der Waals surface area contributed by atoms with Crippen LogP contribution in [0, 0.1) is 19.7 Å². The van der Waals surface area contributed by atoms with E-state index >= 15 is 0 Å². The van der Waals surface area contributed by atoms with E-state index in [4.69, 9.17) is 0 Å². The van der Waals surface area contributed by atoms with Gasteiger partial charge in [0.1, 0.15) is 5.82 Å². The molecule has 0 atom stereocenters. The summed E-state index contributed by atoms with van der Waals surface area (Å²) in [6.45, 7) is 3.30. The van der Waals surface area contributed by atoms with Crippen LogP contribution < -0.4 is 5.32 Å². The standard InChI is InChI=1S/C18H14F4N4O/c1-10-3-5-13(19)7-15(10)25-17(27)14-9-24-26(11(14)2)16-6-4-12(8-23-16)18(20,21)22/h3-9H,1-2H3,(H,25,27). The molecule has 0 unspecified atom stereocenters. The Hall–Kier alpha value is -3.23. The molecule has 140 valence electrons. The minimum Gasteiger partial charge on any atom is -0.322 e. The van der Waals surface area contributed by atoms with Crippen LogP contribution in [0.1, 0.15) is 27.2 Å². The maximum Gasteiger partial charge on any atom is 0.417 e. The molecule has 0 aliphatic rings. The van der Waals surface area contributed by atoms with Gasteiger partial charge >= 0.3 is 6.18 Å². The Kier molecular flexibility index (Phi) is 4.69. The summed E-state index contributed by atoms with van der Waals surface area (Å²) in [5, 5.41) is 6.62. The van der Waals surface area contributed by atoms with E-state index in [1.54, 1.807) is 13.8 Å². The van der Waals surface area contributed by atoms with Crippen molar-refractivity contribution in [2.45, 2.75) is 20.0 Å². The zero-order valence-corrected chi connectivity index (χ0v) is 14.3. The predicted octanol–water partition coefficient (Wildman–Crippen LogP) is 4.29. The Morgan fingerprint density at radius 2 is 1.85 bits per heavy atom. The number of carbonyl (C=O) groups excluding carboxylic acids is 1. The Labute approximate surface area is 151 Å². The maximum absolute atomic E-state index is 13.4. The second kappa shape index (κ2) is 6.82. The molecule has 0 aliphatic carbocycles. The van der Waals surface area contributed by atoms with Crippen LogP contribution in [0.25, 0.3) is 5.82 Å². The van der Waals surface area contributed by atoms with Gasteiger partial charge in [-0.05, 0) is 43.7 Å². The fourth-order valence-corrected chi connectivity index (χ4v) is 2.46. The molecule has 0 fully saturated rings. The highest BCUT2D eigenvalue weighted by molar-refractivity contribution is 6.05. The van der Waals surface area contributed by atoms with Crippen molar-refractivity contribution in [1.29, 1.82) is 0 Å². The fraction of sp³-hybridized carbons (Fsp3) is 0.167. The van der Waals surface area contributed by atoms with Crippen molar-refractivity contribution in [2.75, 3.05) is 5.32 Å². The van der Waals surface area contributed by atoms with Gasteiger partial charge in [0.2, 0.25) is 0 Å². The van der Waals surface area contributed by atoms with E-state index in [2.05, 4.69) is 15.4 Å². The van der Waals surface area contributed by atoms with Crippen molar-refractivity contribution < 1.29 is 22.4 Å². The van der Waals surface area contributed by atoms with Gasteiger partial charge in [-0.3, -0.25) is 4.79 Å². The van der Waals surface area contributed by atoms with E-state index in [0.717, 1.165) is 6.07 Å². The first-order valence-corrected chi connectivity index (χ1v) is 7.82. The van der Waals surface area contributed by atoms with E-state index in [0.29, 0.717) is 23.1 Å². The molecule has 1 aromatic carbocycles. The molecule has 9 heteroatoms. The van der Waals surface area contributed by atoms with Gasteiger partial charge in [-0.15, -0.1) is 0 Å². The Balaban J connectivity index is 1.86. The molecule has 0 radical (unpaired) electrons. The lowest BCUT2D eigenvalue weighted by atomic mass is 10.1. The highest BCUT2D eigenvalue weighted by atomic mass is 19.4.